The van der Waals surface area contributed by atoms with Crippen LogP contribution in [0, 0.1) is 0 Å². The number of hydrogen-bond donors (Lipinski definition) is 1. The first-order chi connectivity index (χ1) is 10.2. The first kappa shape index (κ1) is 14.4. The zero-order valence-electron chi connectivity index (χ0n) is 11.8. The number of rotatable bonds is 3. The summed E-state index contributed by atoms with van der Waals surface area (Å²) in [5.74, 6) is 0.921. The van der Waals surface area contributed by atoms with Crippen molar-refractivity contribution in [2.45, 2.75) is 6.54 Å². The third kappa shape index (κ3) is 3.74. The zero-order chi connectivity index (χ0) is 14.7. The number of aromatic amines is 1. The largest absolute Gasteiger partial charge is 0.356 e. The summed E-state index contributed by atoms with van der Waals surface area (Å²) in [5.41, 5.74) is 1.29. The molecule has 5 heteroatoms. The molecule has 21 heavy (non-hydrogen) atoms. The van der Waals surface area contributed by atoms with Gasteiger partial charge in [0.1, 0.15) is 5.82 Å². The van der Waals surface area contributed by atoms with Gasteiger partial charge in [-0.2, -0.15) is 0 Å². The van der Waals surface area contributed by atoms with Gasteiger partial charge in [-0.3, -0.25) is 9.69 Å². The molecule has 3 rings (SSSR count). The van der Waals surface area contributed by atoms with Crippen molar-refractivity contribution in [3.05, 3.63) is 62.9 Å². The molecule has 2 heterocycles. The Bertz CT molecular complexity index is 662. The summed E-state index contributed by atoms with van der Waals surface area (Å²) < 4.78 is 1.13. The smallest absolute Gasteiger partial charge is 0.249 e. The predicted molar refractivity (Wildman–Crippen MR) is 88.7 cm³/mol. The van der Waals surface area contributed by atoms with Gasteiger partial charge in [0.15, 0.2) is 0 Å². The highest BCUT2D eigenvalue weighted by molar-refractivity contribution is 9.10. The molecule has 0 atom stereocenters. The Morgan fingerprint density at radius 3 is 2.52 bits per heavy atom. The Morgan fingerprint density at radius 1 is 1.05 bits per heavy atom. The highest BCUT2D eigenvalue weighted by Crippen LogP contribution is 2.16. The maximum Gasteiger partial charge on any atom is 0.249 e. The number of anilines is 1. The van der Waals surface area contributed by atoms with Crippen molar-refractivity contribution in [2.75, 3.05) is 31.1 Å². The van der Waals surface area contributed by atoms with Gasteiger partial charge in [0.25, 0.3) is 0 Å². The Labute approximate surface area is 132 Å². The normalized spacial score (nSPS) is 16.1. The lowest BCUT2D eigenvalue weighted by molar-refractivity contribution is 0.249. The maximum atomic E-state index is 11.4. The van der Waals surface area contributed by atoms with E-state index >= 15 is 0 Å². The molecule has 0 unspecified atom stereocenters. The molecule has 1 N–H and O–H groups in total. The topological polar surface area (TPSA) is 39.3 Å². The van der Waals surface area contributed by atoms with E-state index < -0.39 is 0 Å². The van der Waals surface area contributed by atoms with Crippen molar-refractivity contribution in [2.24, 2.45) is 0 Å². The molecular weight excluding hydrogens is 330 g/mol. The third-order valence-electron chi connectivity index (χ3n) is 3.76. The number of aromatic nitrogens is 1. The van der Waals surface area contributed by atoms with Crippen LogP contribution in [-0.2, 0) is 6.54 Å². The summed E-state index contributed by atoms with van der Waals surface area (Å²) in [6.45, 7) is 4.85. The number of nitrogens with zero attached hydrogens (tertiary/aromatic N) is 2. The van der Waals surface area contributed by atoms with Crippen molar-refractivity contribution in [1.29, 1.82) is 0 Å². The summed E-state index contributed by atoms with van der Waals surface area (Å²) in [5, 5.41) is 0. The van der Waals surface area contributed by atoms with Crippen molar-refractivity contribution in [3.63, 3.8) is 0 Å². The second-order valence-electron chi connectivity index (χ2n) is 5.29. The minimum Gasteiger partial charge on any atom is -0.356 e. The van der Waals surface area contributed by atoms with Gasteiger partial charge >= 0.3 is 0 Å². The standard InChI is InChI=1S/C16H18BrN3O/c17-14-4-1-3-13(11-14)12-19-7-9-20(10-8-19)15-5-2-6-16(21)18-15/h1-6,11H,7-10,12H2,(H,18,21). The minimum atomic E-state index is -0.0379. The van der Waals surface area contributed by atoms with E-state index in [1.165, 1.54) is 5.56 Å². The van der Waals surface area contributed by atoms with Gasteiger partial charge in [-0.15, -0.1) is 0 Å². The fourth-order valence-corrected chi connectivity index (χ4v) is 3.11. The Hall–Kier alpha value is -1.59. The molecule has 0 amide bonds. The predicted octanol–water partition coefficient (Wildman–Crippen LogP) is 2.46. The first-order valence-corrected chi connectivity index (χ1v) is 7.91. The second kappa shape index (κ2) is 6.45. The Balaban J connectivity index is 1.59. The van der Waals surface area contributed by atoms with Crippen LogP contribution in [0.3, 0.4) is 0 Å². The van der Waals surface area contributed by atoms with Crippen molar-refractivity contribution >= 4 is 21.7 Å². The molecule has 0 aliphatic carbocycles. The molecular formula is C16H18BrN3O. The molecule has 110 valence electrons. The van der Waals surface area contributed by atoms with Gasteiger partial charge < -0.3 is 9.88 Å². The van der Waals surface area contributed by atoms with E-state index in [1.54, 1.807) is 6.07 Å². The van der Waals surface area contributed by atoms with Gasteiger partial charge in [-0.05, 0) is 23.8 Å². The first-order valence-electron chi connectivity index (χ1n) is 7.12. The summed E-state index contributed by atoms with van der Waals surface area (Å²) in [7, 11) is 0. The zero-order valence-corrected chi connectivity index (χ0v) is 13.3. The maximum absolute atomic E-state index is 11.4. The van der Waals surface area contributed by atoms with E-state index in [1.807, 2.05) is 18.2 Å². The lowest BCUT2D eigenvalue weighted by Crippen LogP contribution is -2.46. The molecule has 2 aromatic rings. The fraction of sp³-hybridized carbons (Fsp3) is 0.312. The van der Waals surface area contributed by atoms with Crippen LogP contribution in [0.4, 0.5) is 5.82 Å². The van der Waals surface area contributed by atoms with Crippen LogP contribution in [0.2, 0.25) is 0 Å². The van der Waals surface area contributed by atoms with E-state index in [9.17, 15) is 4.79 Å². The highest BCUT2D eigenvalue weighted by Gasteiger charge is 2.17. The van der Waals surface area contributed by atoms with Crippen LogP contribution < -0.4 is 10.5 Å². The van der Waals surface area contributed by atoms with E-state index in [2.05, 4.69) is 48.9 Å². The van der Waals surface area contributed by atoms with Crippen molar-refractivity contribution in [1.82, 2.24) is 9.88 Å². The monoisotopic (exact) mass is 347 g/mol. The highest BCUT2D eigenvalue weighted by atomic mass is 79.9. The van der Waals surface area contributed by atoms with Gasteiger partial charge in [0.05, 0.1) is 0 Å². The fourth-order valence-electron chi connectivity index (χ4n) is 2.66. The summed E-state index contributed by atoms with van der Waals surface area (Å²) in [6, 6.07) is 13.8. The molecule has 1 saturated heterocycles. The average Bonchev–Trinajstić information content (AvgIpc) is 2.48. The molecule has 4 nitrogen and oxygen atoms in total. The summed E-state index contributed by atoms with van der Waals surface area (Å²) in [4.78, 5) is 18.9. The molecule has 1 aromatic heterocycles. The van der Waals surface area contributed by atoms with Gasteiger partial charge in [-0.25, -0.2) is 0 Å². The van der Waals surface area contributed by atoms with Crippen molar-refractivity contribution < 1.29 is 0 Å². The Kier molecular flexibility index (Phi) is 4.41. The van der Waals surface area contributed by atoms with Crippen molar-refractivity contribution in [3.8, 4) is 0 Å². The number of nitrogens with one attached hydrogen (secondary N) is 1. The minimum absolute atomic E-state index is 0.0379. The van der Waals surface area contributed by atoms with Gasteiger partial charge in [-0.1, -0.05) is 34.1 Å². The van der Waals surface area contributed by atoms with E-state index in [0.29, 0.717) is 0 Å². The average molecular weight is 348 g/mol. The van der Waals surface area contributed by atoms with Gasteiger partial charge in [0.2, 0.25) is 5.56 Å². The van der Waals surface area contributed by atoms with E-state index in [-0.39, 0.29) is 5.56 Å². The lowest BCUT2D eigenvalue weighted by Gasteiger charge is -2.35. The molecule has 0 bridgehead atoms. The molecule has 1 aromatic carbocycles. The van der Waals surface area contributed by atoms with E-state index in [0.717, 1.165) is 43.0 Å². The van der Waals surface area contributed by atoms with Crippen LogP contribution in [0.1, 0.15) is 5.56 Å². The van der Waals surface area contributed by atoms with E-state index in [4.69, 9.17) is 0 Å². The molecule has 0 saturated carbocycles. The molecule has 0 spiro atoms. The van der Waals surface area contributed by atoms with Crippen LogP contribution >= 0.6 is 15.9 Å². The van der Waals surface area contributed by atoms with Crippen LogP contribution in [0.15, 0.2) is 51.7 Å². The number of benzene rings is 1. The number of hydrogen-bond acceptors (Lipinski definition) is 3. The molecule has 1 aliphatic rings. The van der Waals surface area contributed by atoms with Crippen LogP contribution in [0.25, 0.3) is 0 Å². The molecule has 1 fully saturated rings. The van der Waals surface area contributed by atoms with Gasteiger partial charge in [0, 0.05) is 43.3 Å². The SMILES string of the molecule is O=c1cccc(N2CCN(Cc3cccc(Br)c3)CC2)[nH]1. The number of pyridine rings is 1. The number of halogens is 1. The molecule has 1 aliphatic heterocycles. The number of H-pyrrole nitrogens is 1. The van der Waals surface area contributed by atoms with Crippen LogP contribution in [0.5, 0.6) is 0 Å². The summed E-state index contributed by atoms with van der Waals surface area (Å²) in [6.07, 6.45) is 0. The number of piperazine rings is 1. The Morgan fingerprint density at radius 2 is 1.81 bits per heavy atom. The molecule has 0 radical (unpaired) electrons. The quantitative estimate of drug-likeness (QED) is 0.926. The second-order valence-corrected chi connectivity index (χ2v) is 6.21. The third-order valence-corrected chi connectivity index (χ3v) is 4.25. The van der Waals surface area contributed by atoms with Crippen LogP contribution in [-0.4, -0.2) is 36.1 Å². The summed E-state index contributed by atoms with van der Waals surface area (Å²) >= 11 is 3.51. The lowest BCUT2D eigenvalue weighted by atomic mass is 10.2.